The molecule has 0 bridgehead atoms. The number of carbonyl (C=O) groups excluding carboxylic acids is 1. The van der Waals surface area contributed by atoms with E-state index in [9.17, 15) is 4.79 Å². The summed E-state index contributed by atoms with van der Waals surface area (Å²) in [5, 5.41) is 11.3. The highest BCUT2D eigenvalue weighted by atomic mass is 16.4. The van der Waals surface area contributed by atoms with Crippen molar-refractivity contribution in [2.45, 2.75) is 32.4 Å². The number of nitrogens with one attached hydrogen (secondary N) is 1. The Kier molecular flexibility index (Phi) is 4.96. The summed E-state index contributed by atoms with van der Waals surface area (Å²) >= 11 is 0. The van der Waals surface area contributed by atoms with E-state index < -0.39 is 0 Å². The third-order valence-electron chi connectivity index (χ3n) is 4.77. The molecule has 0 saturated heterocycles. The van der Waals surface area contributed by atoms with Gasteiger partial charge in [-0.15, -0.1) is 10.2 Å². The van der Waals surface area contributed by atoms with Crippen LogP contribution < -0.4 is 5.32 Å². The van der Waals surface area contributed by atoms with Gasteiger partial charge in [0, 0.05) is 17.2 Å². The molecule has 144 valence electrons. The Morgan fingerprint density at radius 2 is 1.82 bits per heavy atom. The molecule has 0 radical (unpaired) electrons. The number of rotatable bonds is 6. The molecule has 1 N–H and O–H groups in total. The first-order valence-electron chi connectivity index (χ1n) is 9.49. The van der Waals surface area contributed by atoms with Gasteiger partial charge in [-0.05, 0) is 74.8 Å². The summed E-state index contributed by atoms with van der Waals surface area (Å²) in [5.41, 5.74) is 4.80. The fraction of sp³-hybridized carbons (Fsp3) is 0.318. The van der Waals surface area contributed by atoms with Crippen LogP contribution in [-0.2, 0) is 6.54 Å². The molecule has 1 amide bonds. The van der Waals surface area contributed by atoms with Gasteiger partial charge in [-0.1, -0.05) is 18.2 Å². The van der Waals surface area contributed by atoms with Crippen molar-refractivity contribution in [3.05, 3.63) is 59.5 Å². The molecular formula is C22H24N4O2. The van der Waals surface area contributed by atoms with E-state index in [0.29, 0.717) is 29.9 Å². The maximum Gasteiger partial charge on any atom is 0.251 e. The quantitative estimate of drug-likeness (QED) is 0.711. The van der Waals surface area contributed by atoms with E-state index in [4.69, 9.17) is 4.42 Å². The molecule has 0 atom stereocenters. The monoisotopic (exact) mass is 376 g/mol. The number of amides is 1. The lowest BCUT2D eigenvalue weighted by molar-refractivity contribution is 0.0951. The zero-order valence-corrected chi connectivity index (χ0v) is 16.4. The third kappa shape index (κ3) is 4.12. The standard InChI is InChI=1S/C22H24N4O2/c1-14-4-5-17(21(27)23-18-10-11-18)12-19(14)15-6-8-16(9-7-15)22-25-24-20(28-22)13-26(2)3/h4-9,12,18H,10-11,13H2,1-3H3,(H,23,27). The highest BCUT2D eigenvalue weighted by Crippen LogP contribution is 2.28. The van der Waals surface area contributed by atoms with E-state index in [1.807, 2.05) is 61.5 Å². The lowest BCUT2D eigenvalue weighted by atomic mass is 9.97. The van der Waals surface area contributed by atoms with Gasteiger partial charge in [-0.2, -0.15) is 0 Å². The Morgan fingerprint density at radius 1 is 1.11 bits per heavy atom. The van der Waals surface area contributed by atoms with Crippen LogP contribution in [-0.4, -0.2) is 41.1 Å². The number of hydrogen-bond acceptors (Lipinski definition) is 5. The summed E-state index contributed by atoms with van der Waals surface area (Å²) < 4.78 is 5.73. The first-order valence-corrected chi connectivity index (χ1v) is 9.49. The largest absolute Gasteiger partial charge is 0.419 e. The van der Waals surface area contributed by atoms with E-state index in [2.05, 4.69) is 22.4 Å². The number of benzene rings is 2. The van der Waals surface area contributed by atoms with E-state index in [-0.39, 0.29) is 5.91 Å². The van der Waals surface area contributed by atoms with E-state index in [1.165, 1.54) is 0 Å². The van der Waals surface area contributed by atoms with Crippen molar-refractivity contribution in [2.24, 2.45) is 0 Å². The third-order valence-corrected chi connectivity index (χ3v) is 4.77. The van der Waals surface area contributed by atoms with Gasteiger partial charge in [0.2, 0.25) is 11.8 Å². The van der Waals surface area contributed by atoms with Gasteiger partial charge in [-0.3, -0.25) is 4.79 Å². The van der Waals surface area contributed by atoms with E-state index in [0.717, 1.165) is 35.1 Å². The number of hydrogen-bond donors (Lipinski definition) is 1. The zero-order valence-electron chi connectivity index (χ0n) is 16.4. The van der Waals surface area contributed by atoms with Gasteiger partial charge in [0.25, 0.3) is 5.91 Å². The fourth-order valence-electron chi connectivity index (χ4n) is 3.07. The molecule has 0 aliphatic heterocycles. The number of carbonyl (C=O) groups is 1. The first kappa shape index (κ1) is 18.4. The summed E-state index contributed by atoms with van der Waals surface area (Å²) in [6.07, 6.45) is 2.16. The lowest BCUT2D eigenvalue weighted by Crippen LogP contribution is -2.25. The predicted molar refractivity (Wildman–Crippen MR) is 108 cm³/mol. The van der Waals surface area contributed by atoms with Crippen LogP contribution in [0.4, 0.5) is 0 Å². The molecule has 3 aromatic rings. The van der Waals surface area contributed by atoms with Crippen molar-refractivity contribution < 1.29 is 9.21 Å². The molecule has 28 heavy (non-hydrogen) atoms. The summed E-state index contributed by atoms with van der Waals surface area (Å²) in [6, 6.07) is 14.2. The second kappa shape index (κ2) is 7.56. The smallest absolute Gasteiger partial charge is 0.251 e. The minimum absolute atomic E-state index is 0.000323. The minimum Gasteiger partial charge on any atom is -0.419 e. The van der Waals surface area contributed by atoms with Crippen LogP contribution in [0.5, 0.6) is 0 Å². The first-order chi connectivity index (χ1) is 13.5. The van der Waals surface area contributed by atoms with E-state index in [1.54, 1.807) is 0 Å². The van der Waals surface area contributed by atoms with Gasteiger partial charge in [0.05, 0.1) is 6.54 Å². The van der Waals surface area contributed by atoms with Gasteiger partial charge in [0.1, 0.15) is 0 Å². The van der Waals surface area contributed by atoms with Gasteiger partial charge >= 0.3 is 0 Å². The van der Waals surface area contributed by atoms with Crippen LogP contribution in [0.1, 0.15) is 34.7 Å². The Hall–Kier alpha value is -2.99. The van der Waals surface area contributed by atoms with Crippen LogP contribution in [0.25, 0.3) is 22.6 Å². The maximum atomic E-state index is 12.4. The average molecular weight is 376 g/mol. The van der Waals surface area contributed by atoms with Gasteiger partial charge < -0.3 is 14.6 Å². The van der Waals surface area contributed by atoms with Crippen molar-refractivity contribution in [3.63, 3.8) is 0 Å². The molecule has 6 nitrogen and oxygen atoms in total. The molecule has 1 aliphatic rings. The Balaban J connectivity index is 1.56. The zero-order chi connectivity index (χ0) is 19.7. The Labute approximate surface area is 164 Å². The van der Waals surface area contributed by atoms with E-state index >= 15 is 0 Å². The Morgan fingerprint density at radius 3 is 2.50 bits per heavy atom. The van der Waals surface area contributed by atoms with Crippen LogP contribution >= 0.6 is 0 Å². The van der Waals surface area contributed by atoms with Crippen LogP contribution in [0.2, 0.25) is 0 Å². The molecule has 0 unspecified atom stereocenters. The second-order valence-corrected chi connectivity index (χ2v) is 7.59. The SMILES string of the molecule is Cc1ccc(C(=O)NC2CC2)cc1-c1ccc(-c2nnc(CN(C)C)o2)cc1. The van der Waals surface area contributed by atoms with Crippen molar-refractivity contribution in [3.8, 4) is 22.6 Å². The fourth-order valence-corrected chi connectivity index (χ4v) is 3.07. The number of aromatic nitrogens is 2. The molecule has 1 fully saturated rings. The summed E-state index contributed by atoms with van der Waals surface area (Å²) in [5.74, 6) is 1.10. The molecule has 4 rings (SSSR count). The second-order valence-electron chi connectivity index (χ2n) is 7.59. The van der Waals surface area contributed by atoms with Crippen molar-refractivity contribution >= 4 is 5.91 Å². The molecule has 1 aliphatic carbocycles. The normalized spacial score (nSPS) is 13.7. The number of nitrogens with zero attached hydrogens (tertiary/aromatic N) is 3. The molecule has 0 spiro atoms. The molecule has 1 heterocycles. The molecule has 2 aromatic carbocycles. The predicted octanol–water partition coefficient (Wildman–Crippen LogP) is 3.67. The summed E-state index contributed by atoms with van der Waals surface area (Å²) in [4.78, 5) is 14.3. The molecular weight excluding hydrogens is 352 g/mol. The summed E-state index contributed by atoms with van der Waals surface area (Å²) in [7, 11) is 3.92. The van der Waals surface area contributed by atoms with Crippen LogP contribution in [0.15, 0.2) is 46.9 Å². The molecule has 6 heteroatoms. The molecule has 1 aromatic heterocycles. The van der Waals surface area contributed by atoms with Crippen molar-refractivity contribution in [1.29, 1.82) is 0 Å². The van der Waals surface area contributed by atoms with Crippen LogP contribution in [0, 0.1) is 6.92 Å². The number of aryl methyl sites for hydroxylation is 1. The average Bonchev–Trinajstić information content (AvgIpc) is 3.37. The highest BCUT2D eigenvalue weighted by Gasteiger charge is 2.24. The van der Waals surface area contributed by atoms with Gasteiger partial charge in [-0.25, -0.2) is 0 Å². The minimum atomic E-state index is -0.000323. The summed E-state index contributed by atoms with van der Waals surface area (Å²) in [6.45, 7) is 2.66. The maximum absolute atomic E-state index is 12.4. The van der Waals surface area contributed by atoms with Crippen LogP contribution in [0.3, 0.4) is 0 Å². The lowest BCUT2D eigenvalue weighted by Gasteiger charge is -2.10. The topological polar surface area (TPSA) is 71.3 Å². The van der Waals surface area contributed by atoms with Crippen molar-refractivity contribution in [2.75, 3.05) is 14.1 Å². The van der Waals surface area contributed by atoms with Crippen molar-refractivity contribution in [1.82, 2.24) is 20.4 Å². The highest BCUT2D eigenvalue weighted by molar-refractivity contribution is 5.96. The van der Waals surface area contributed by atoms with Gasteiger partial charge in [0.15, 0.2) is 0 Å². The Bertz CT molecular complexity index is 988. The molecule has 1 saturated carbocycles.